The SMILES string of the molecule is OC1(c2cc(C(F)(F)F)ccn2)CC2CCC(C1)N2Cc1ccccc1. The monoisotopic (exact) mass is 362 g/mol. The summed E-state index contributed by atoms with van der Waals surface area (Å²) < 4.78 is 39.0. The van der Waals surface area contributed by atoms with E-state index in [2.05, 4.69) is 22.0 Å². The summed E-state index contributed by atoms with van der Waals surface area (Å²) in [5, 5.41) is 11.1. The molecule has 4 rings (SSSR count). The van der Waals surface area contributed by atoms with E-state index in [-0.39, 0.29) is 17.8 Å². The Morgan fingerprint density at radius 3 is 2.35 bits per heavy atom. The van der Waals surface area contributed by atoms with Gasteiger partial charge in [-0.25, -0.2) is 0 Å². The molecule has 0 amide bonds. The molecule has 2 aliphatic heterocycles. The molecular formula is C20H21F3N2O. The Kier molecular flexibility index (Phi) is 4.28. The number of nitrogens with zero attached hydrogens (tertiary/aromatic N) is 2. The highest BCUT2D eigenvalue weighted by Gasteiger charge is 2.49. The number of benzene rings is 1. The number of fused-ring (bicyclic) bond motifs is 2. The van der Waals surface area contributed by atoms with Crippen molar-refractivity contribution in [2.24, 2.45) is 0 Å². The molecule has 3 nitrogen and oxygen atoms in total. The number of aliphatic hydroxyl groups is 1. The highest BCUT2D eigenvalue weighted by atomic mass is 19.4. The average Bonchev–Trinajstić information content (AvgIpc) is 2.86. The van der Waals surface area contributed by atoms with Gasteiger partial charge in [-0.15, -0.1) is 0 Å². The van der Waals surface area contributed by atoms with Crippen LogP contribution in [0.25, 0.3) is 0 Å². The molecular weight excluding hydrogens is 341 g/mol. The van der Waals surface area contributed by atoms with E-state index in [0.29, 0.717) is 12.8 Å². The van der Waals surface area contributed by atoms with Crippen LogP contribution < -0.4 is 0 Å². The van der Waals surface area contributed by atoms with Crippen molar-refractivity contribution in [1.82, 2.24) is 9.88 Å². The van der Waals surface area contributed by atoms with Gasteiger partial charge < -0.3 is 5.11 Å². The molecule has 0 saturated carbocycles. The normalized spacial score (nSPS) is 29.1. The first kappa shape index (κ1) is 17.5. The maximum absolute atomic E-state index is 13.0. The Bertz CT molecular complexity index is 764. The van der Waals surface area contributed by atoms with Gasteiger partial charge in [0.2, 0.25) is 0 Å². The number of halogens is 3. The molecule has 2 aromatic rings. The molecule has 1 aromatic carbocycles. The number of hydrogen-bond acceptors (Lipinski definition) is 3. The Balaban J connectivity index is 1.56. The van der Waals surface area contributed by atoms with Gasteiger partial charge in [-0.3, -0.25) is 9.88 Å². The Morgan fingerprint density at radius 2 is 1.73 bits per heavy atom. The third-order valence-corrected chi connectivity index (χ3v) is 5.69. The first-order valence-corrected chi connectivity index (χ1v) is 8.91. The van der Waals surface area contributed by atoms with Gasteiger partial charge in [-0.05, 0) is 43.4 Å². The van der Waals surface area contributed by atoms with E-state index in [1.165, 1.54) is 5.56 Å². The van der Waals surface area contributed by atoms with Crippen LogP contribution in [0.3, 0.4) is 0 Å². The summed E-state index contributed by atoms with van der Waals surface area (Å²) in [5.74, 6) is 0. The molecule has 2 aliphatic rings. The smallest absolute Gasteiger partial charge is 0.383 e. The number of pyridine rings is 1. The lowest BCUT2D eigenvalue weighted by molar-refractivity contribution is -0.138. The third-order valence-electron chi connectivity index (χ3n) is 5.69. The maximum atomic E-state index is 13.0. The van der Waals surface area contributed by atoms with Crippen molar-refractivity contribution in [3.63, 3.8) is 0 Å². The number of alkyl halides is 3. The van der Waals surface area contributed by atoms with Crippen molar-refractivity contribution >= 4 is 0 Å². The van der Waals surface area contributed by atoms with Crippen LogP contribution in [0.15, 0.2) is 48.7 Å². The second-order valence-electron chi connectivity index (χ2n) is 7.41. The molecule has 1 N–H and O–H groups in total. The summed E-state index contributed by atoms with van der Waals surface area (Å²) in [4.78, 5) is 6.47. The fraction of sp³-hybridized carbons (Fsp3) is 0.450. The first-order chi connectivity index (χ1) is 12.4. The number of aromatic nitrogens is 1. The largest absolute Gasteiger partial charge is 0.416 e. The Morgan fingerprint density at radius 1 is 1.08 bits per heavy atom. The van der Waals surface area contributed by atoms with E-state index in [9.17, 15) is 18.3 Å². The summed E-state index contributed by atoms with van der Waals surface area (Å²) in [6.07, 6.45) is -0.526. The maximum Gasteiger partial charge on any atom is 0.416 e. The van der Waals surface area contributed by atoms with Crippen LogP contribution in [0, 0.1) is 0 Å². The van der Waals surface area contributed by atoms with Crippen molar-refractivity contribution < 1.29 is 18.3 Å². The van der Waals surface area contributed by atoms with Gasteiger partial charge in [-0.1, -0.05) is 30.3 Å². The zero-order valence-corrected chi connectivity index (χ0v) is 14.3. The minimum absolute atomic E-state index is 0.142. The summed E-state index contributed by atoms with van der Waals surface area (Å²) in [6.45, 7) is 0.808. The number of rotatable bonds is 3. The van der Waals surface area contributed by atoms with E-state index in [1.54, 1.807) is 0 Å². The average molecular weight is 362 g/mol. The molecule has 0 spiro atoms. The number of piperidine rings is 1. The standard InChI is InChI=1S/C20H21F3N2O/c21-20(22,23)15-8-9-24-18(10-15)19(26)11-16-6-7-17(12-19)25(16)13-14-4-2-1-3-5-14/h1-5,8-10,16-17,26H,6-7,11-13H2. The lowest BCUT2D eigenvalue weighted by atomic mass is 9.82. The van der Waals surface area contributed by atoms with E-state index < -0.39 is 17.3 Å². The van der Waals surface area contributed by atoms with Crippen molar-refractivity contribution in [2.45, 2.75) is 56.1 Å². The highest BCUT2D eigenvalue weighted by Crippen LogP contribution is 2.46. The number of hydrogen-bond donors (Lipinski definition) is 1. The van der Waals surface area contributed by atoms with Crippen molar-refractivity contribution in [3.05, 3.63) is 65.5 Å². The van der Waals surface area contributed by atoms with Gasteiger partial charge in [0.05, 0.1) is 11.3 Å². The van der Waals surface area contributed by atoms with Crippen LogP contribution in [-0.4, -0.2) is 27.1 Å². The minimum Gasteiger partial charge on any atom is -0.383 e. The second kappa shape index (κ2) is 6.35. The van der Waals surface area contributed by atoms with Crippen LogP contribution in [0.5, 0.6) is 0 Å². The highest BCUT2D eigenvalue weighted by molar-refractivity contribution is 5.26. The molecule has 0 aliphatic carbocycles. The first-order valence-electron chi connectivity index (χ1n) is 8.91. The quantitative estimate of drug-likeness (QED) is 0.893. The van der Waals surface area contributed by atoms with Gasteiger partial charge >= 0.3 is 6.18 Å². The van der Waals surface area contributed by atoms with E-state index in [4.69, 9.17) is 0 Å². The van der Waals surface area contributed by atoms with Crippen LogP contribution in [0.2, 0.25) is 0 Å². The van der Waals surface area contributed by atoms with Gasteiger partial charge in [0.15, 0.2) is 0 Å². The lowest BCUT2D eigenvalue weighted by Gasteiger charge is -2.43. The lowest BCUT2D eigenvalue weighted by Crippen LogP contribution is -2.49. The van der Waals surface area contributed by atoms with E-state index >= 15 is 0 Å². The van der Waals surface area contributed by atoms with E-state index in [1.807, 2.05) is 18.2 Å². The predicted molar refractivity (Wildman–Crippen MR) is 91.2 cm³/mol. The molecule has 2 atom stereocenters. The second-order valence-corrected chi connectivity index (χ2v) is 7.41. The zero-order chi connectivity index (χ0) is 18.4. The van der Waals surface area contributed by atoms with Crippen molar-refractivity contribution in [2.75, 3.05) is 0 Å². The predicted octanol–water partition coefficient (Wildman–Crippen LogP) is 4.12. The molecule has 2 fully saturated rings. The molecule has 138 valence electrons. The topological polar surface area (TPSA) is 36.4 Å². The molecule has 0 radical (unpaired) electrons. The molecule has 1 aromatic heterocycles. The fourth-order valence-electron chi connectivity index (χ4n) is 4.44. The Labute approximate surface area is 150 Å². The van der Waals surface area contributed by atoms with Gasteiger partial charge in [-0.2, -0.15) is 13.2 Å². The molecule has 2 saturated heterocycles. The van der Waals surface area contributed by atoms with Gasteiger partial charge in [0.1, 0.15) is 5.60 Å². The molecule has 2 unspecified atom stereocenters. The summed E-state index contributed by atoms with van der Waals surface area (Å²) in [5.41, 5.74) is -0.689. The van der Waals surface area contributed by atoms with Crippen LogP contribution in [-0.2, 0) is 18.3 Å². The van der Waals surface area contributed by atoms with Crippen molar-refractivity contribution in [3.8, 4) is 0 Å². The molecule has 2 bridgehead atoms. The minimum atomic E-state index is -4.43. The Hall–Kier alpha value is -1.92. The van der Waals surface area contributed by atoms with Crippen molar-refractivity contribution in [1.29, 1.82) is 0 Å². The summed E-state index contributed by atoms with van der Waals surface area (Å²) in [6, 6.07) is 12.4. The van der Waals surface area contributed by atoms with Crippen LogP contribution in [0.4, 0.5) is 13.2 Å². The third kappa shape index (κ3) is 3.23. The zero-order valence-electron chi connectivity index (χ0n) is 14.3. The van der Waals surface area contributed by atoms with Crippen LogP contribution in [0.1, 0.15) is 42.5 Å². The van der Waals surface area contributed by atoms with Crippen LogP contribution >= 0.6 is 0 Å². The fourth-order valence-corrected chi connectivity index (χ4v) is 4.44. The van der Waals surface area contributed by atoms with Gasteiger partial charge in [0, 0.05) is 24.8 Å². The molecule has 26 heavy (non-hydrogen) atoms. The summed E-state index contributed by atoms with van der Waals surface area (Å²) >= 11 is 0. The molecule has 3 heterocycles. The van der Waals surface area contributed by atoms with E-state index in [0.717, 1.165) is 37.7 Å². The summed E-state index contributed by atoms with van der Waals surface area (Å²) in [7, 11) is 0. The molecule has 6 heteroatoms. The van der Waals surface area contributed by atoms with Gasteiger partial charge in [0.25, 0.3) is 0 Å².